The summed E-state index contributed by atoms with van der Waals surface area (Å²) in [5, 5.41) is 12.8. The molecule has 1 aliphatic heterocycles. The van der Waals surface area contributed by atoms with Crippen molar-refractivity contribution in [1.29, 1.82) is 0 Å². The quantitative estimate of drug-likeness (QED) is 0.902. The normalized spacial score (nSPS) is 15.4. The molecule has 1 heterocycles. The van der Waals surface area contributed by atoms with Crippen molar-refractivity contribution in [2.75, 3.05) is 5.32 Å². The number of rotatable bonds is 4. The Balaban J connectivity index is 1.80. The van der Waals surface area contributed by atoms with Gasteiger partial charge >= 0.3 is 0 Å². The van der Waals surface area contributed by atoms with Crippen LogP contribution in [0.25, 0.3) is 0 Å². The van der Waals surface area contributed by atoms with Crippen LogP contribution >= 0.6 is 0 Å². The van der Waals surface area contributed by atoms with Crippen LogP contribution < -0.4 is 10.1 Å². The maximum atomic E-state index is 9.37. The number of benzene rings is 2. The molecule has 0 spiro atoms. The van der Waals surface area contributed by atoms with Gasteiger partial charge in [-0.05, 0) is 25.5 Å². The molecule has 0 aromatic heterocycles. The molecule has 0 radical (unpaired) electrons. The van der Waals surface area contributed by atoms with Crippen LogP contribution in [0.3, 0.4) is 0 Å². The molecule has 3 rings (SSSR count). The fraction of sp³-hybridized carbons (Fsp3) is 0.333. The molecule has 0 bridgehead atoms. The second-order valence-electron chi connectivity index (χ2n) is 6.11. The van der Waals surface area contributed by atoms with E-state index >= 15 is 0 Å². The van der Waals surface area contributed by atoms with Crippen molar-refractivity contribution in [3.05, 3.63) is 59.2 Å². The van der Waals surface area contributed by atoms with Gasteiger partial charge in [-0.2, -0.15) is 0 Å². The van der Waals surface area contributed by atoms with Gasteiger partial charge in [0.1, 0.15) is 11.4 Å². The summed E-state index contributed by atoms with van der Waals surface area (Å²) in [7, 11) is 0. The largest absolute Gasteiger partial charge is 0.487 e. The molecule has 0 saturated carbocycles. The Kier molecular flexibility index (Phi) is 3.60. The average molecular weight is 283 g/mol. The van der Waals surface area contributed by atoms with Gasteiger partial charge in [0.25, 0.3) is 0 Å². The van der Waals surface area contributed by atoms with Gasteiger partial charge in [0, 0.05) is 29.8 Å². The number of nitrogens with one attached hydrogen (secondary N) is 1. The molecular formula is C18H21NO2. The van der Waals surface area contributed by atoms with E-state index in [2.05, 4.69) is 37.4 Å². The summed E-state index contributed by atoms with van der Waals surface area (Å²) >= 11 is 0. The Morgan fingerprint density at radius 3 is 2.67 bits per heavy atom. The molecule has 3 nitrogen and oxygen atoms in total. The zero-order chi connectivity index (χ0) is 14.9. The molecule has 0 fully saturated rings. The Labute approximate surface area is 125 Å². The predicted molar refractivity (Wildman–Crippen MR) is 84.5 cm³/mol. The van der Waals surface area contributed by atoms with Crippen molar-refractivity contribution >= 4 is 5.69 Å². The summed E-state index contributed by atoms with van der Waals surface area (Å²) in [6.45, 7) is 4.96. The van der Waals surface area contributed by atoms with Crippen molar-refractivity contribution in [2.24, 2.45) is 0 Å². The number of ether oxygens (including phenoxy) is 1. The highest BCUT2D eigenvalue weighted by Gasteiger charge is 2.31. The van der Waals surface area contributed by atoms with E-state index in [9.17, 15) is 5.11 Å². The van der Waals surface area contributed by atoms with E-state index < -0.39 is 0 Å². The van der Waals surface area contributed by atoms with Crippen LogP contribution in [0.1, 0.15) is 30.5 Å². The van der Waals surface area contributed by atoms with Crippen molar-refractivity contribution in [3.63, 3.8) is 0 Å². The fourth-order valence-corrected chi connectivity index (χ4v) is 2.84. The lowest BCUT2D eigenvalue weighted by Gasteiger charge is -2.18. The maximum Gasteiger partial charge on any atom is 0.128 e. The molecule has 110 valence electrons. The van der Waals surface area contributed by atoms with Gasteiger partial charge in [-0.1, -0.05) is 36.4 Å². The van der Waals surface area contributed by atoms with Crippen LogP contribution in [0.15, 0.2) is 42.5 Å². The maximum absolute atomic E-state index is 9.37. The Morgan fingerprint density at radius 2 is 1.86 bits per heavy atom. The van der Waals surface area contributed by atoms with Crippen molar-refractivity contribution in [2.45, 2.75) is 39.0 Å². The Bertz CT molecular complexity index is 649. The number of aliphatic hydroxyl groups excluding tert-OH is 1. The van der Waals surface area contributed by atoms with Gasteiger partial charge in [-0.25, -0.2) is 0 Å². The minimum atomic E-state index is -0.124. The standard InChI is InChI=1S/C18H21NO2/c1-18(2)10-13-7-5-8-14(17(13)21-18)11-19-16-9-4-3-6-15(16)12-20/h3-9,19-20H,10-12H2,1-2H3. The molecule has 3 heteroatoms. The lowest BCUT2D eigenvalue weighted by molar-refractivity contribution is 0.137. The summed E-state index contributed by atoms with van der Waals surface area (Å²) in [6, 6.07) is 14.1. The molecule has 0 amide bonds. The van der Waals surface area contributed by atoms with Gasteiger partial charge in [0.05, 0.1) is 6.61 Å². The van der Waals surface area contributed by atoms with E-state index in [1.807, 2.05) is 24.3 Å². The van der Waals surface area contributed by atoms with Crippen molar-refractivity contribution < 1.29 is 9.84 Å². The highest BCUT2D eigenvalue weighted by molar-refractivity contribution is 5.53. The fourth-order valence-electron chi connectivity index (χ4n) is 2.84. The topological polar surface area (TPSA) is 41.5 Å². The second kappa shape index (κ2) is 5.41. The molecule has 0 saturated heterocycles. The Hall–Kier alpha value is -2.00. The number of fused-ring (bicyclic) bond motifs is 1. The van der Waals surface area contributed by atoms with Gasteiger partial charge < -0.3 is 15.2 Å². The molecule has 0 atom stereocenters. The number of hydrogen-bond acceptors (Lipinski definition) is 3. The van der Waals surface area contributed by atoms with Gasteiger partial charge in [0.2, 0.25) is 0 Å². The average Bonchev–Trinajstić information content (AvgIpc) is 2.79. The number of hydrogen-bond donors (Lipinski definition) is 2. The first-order valence-electron chi connectivity index (χ1n) is 7.31. The first-order valence-corrected chi connectivity index (χ1v) is 7.31. The smallest absolute Gasteiger partial charge is 0.128 e. The molecule has 2 aromatic carbocycles. The third-order valence-electron chi connectivity index (χ3n) is 3.83. The molecule has 1 aliphatic rings. The molecular weight excluding hydrogens is 262 g/mol. The molecule has 0 unspecified atom stereocenters. The first kappa shape index (κ1) is 14.0. The van der Waals surface area contributed by atoms with Crippen LogP contribution in [0.4, 0.5) is 5.69 Å². The van der Waals surface area contributed by atoms with E-state index in [1.165, 1.54) is 5.56 Å². The van der Waals surface area contributed by atoms with Crippen LogP contribution in [0.5, 0.6) is 5.75 Å². The minimum Gasteiger partial charge on any atom is -0.487 e. The van der Waals surface area contributed by atoms with E-state index in [4.69, 9.17) is 4.74 Å². The van der Waals surface area contributed by atoms with Crippen LogP contribution in [-0.2, 0) is 19.6 Å². The lowest BCUT2D eigenvalue weighted by atomic mass is 10.0. The predicted octanol–water partition coefficient (Wildman–Crippen LogP) is 3.50. The highest BCUT2D eigenvalue weighted by atomic mass is 16.5. The molecule has 21 heavy (non-hydrogen) atoms. The van der Waals surface area contributed by atoms with Gasteiger partial charge in [0.15, 0.2) is 0 Å². The summed E-state index contributed by atoms with van der Waals surface area (Å²) < 4.78 is 6.08. The summed E-state index contributed by atoms with van der Waals surface area (Å²) in [5.41, 5.74) is 4.18. The van der Waals surface area contributed by atoms with Crippen molar-refractivity contribution in [1.82, 2.24) is 0 Å². The van der Waals surface area contributed by atoms with Crippen molar-refractivity contribution in [3.8, 4) is 5.75 Å². The number of aliphatic hydroxyl groups is 1. The minimum absolute atomic E-state index is 0.0413. The van der Waals surface area contributed by atoms with E-state index in [1.54, 1.807) is 0 Å². The van der Waals surface area contributed by atoms with Gasteiger partial charge in [-0.15, -0.1) is 0 Å². The monoisotopic (exact) mass is 283 g/mol. The third kappa shape index (κ3) is 2.88. The zero-order valence-corrected chi connectivity index (χ0v) is 12.5. The van der Waals surface area contributed by atoms with E-state index in [-0.39, 0.29) is 12.2 Å². The third-order valence-corrected chi connectivity index (χ3v) is 3.83. The molecule has 2 N–H and O–H groups in total. The molecule has 0 aliphatic carbocycles. The van der Waals surface area contributed by atoms with Crippen LogP contribution in [0.2, 0.25) is 0 Å². The summed E-state index contributed by atoms with van der Waals surface area (Å²) in [4.78, 5) is 0. The SMILES string of the molecule is CC1(C)Cc2cccc(CNc3ccccc3CO)c2O1. The summed E-state index contributed by atoms with van der Waals surface area (Å²) in [5.74, 6) is 1.01. The molecule has 2 aromatic rings. The highest BCUT2D eigenvalue weighted by Crippen LogP contribution is 2.37. The first-order chi connectivity index (χ1) is 10.1. The Morgan fingerprint density at radius 1 is 1.10 bits per heavy atom. The zero-order valence-electron chi connectivity index (χ0n) is 12.5. The van der Waals surface area contributed by atoms with Gasteiger partial charge in [-0.3, -0.25) is 0 Å². The summed E-state index contributed by atoms with van der Waals surface area (Å²) in [6.07, 6.45) is 0.948. The van der Waals surface area contributed by atoms with Crippen LogP contribution in [-0.4, -0.2) is 10.7 Å². The van der Waals surface area contributed by atoms with E-state index in [0.29, 0.717) is 6.54 Å². The number of para-hydroxylation sites is 2. The number of anilines is 1. The second-order valence-corrected chi connectivity index (χ2v) is 6.11. The van der Waals surface area contributed by atoms with Crippen LogP contribution in [0, 0.1) is 0 Å². The lowest BCUT2D eigenvalue weighted by Crippen LogP contribution is -2.25. The van der Waals surface area contributed by atoms with E-state index in [0.717, 1.165) is 29.0 Å².